The van der Waals surface area contributed by atoms with Crippen LogP contribution in [0.25, 0.3) is 5.65 Å². The number of fused-ring (bicyclic) bond motifs is 1. The van der Waals surface area contributed by atoms with Gasteiger partial charge < -0.3 is 0 Å². The molecule has 2 heterocycles. The number of halogens is 1. The Morgan fingerprint density at radius 1 is 1.17 bits per heavy atom. The lowest BCUT2D eigenvalue weighted by Gasteiger charge is -2.01. The maximum Gasteiger partial charge on any atom is 0.161 e. The summed E-state index contributed by atoms with van der Waals surface area (Å²) in [5.74, 6) is 0.591. The van der Waals surface area contributed by atoms with E-state index < -0.39 is 0 Å². The molecular weight excluding hydrogens is 229 g/mol. The van der Waals surface area contributed by atoms with Crippen molar-refractivity contribution in [2.45, 2.75) is 13.3 Å². The second-order valence-corrected chi connectivity index (χ2v) is 4.36. The van der Waals surface area contributed by atoms with Gasteiger partial charge in [-0.2, -0.15) is 0 Å². The minimum atomic E-state index is -0.225. The zero-order valence-electron chi connectivity index (χ0n) is 9.97. The second-order valence-electron chi connectivity index (χ2n) is 4.36. The molecule has 0 saturated heterocycles. The van der Waals surface area contributed by atoms with E-state index in [2.05, 4.69) is 10.2 Å². The van der Waals surface area contributed by atoms with Crippen LogP contribution in [0, 0.1) is 12.7 Å². The quantitative estimate of drug-likeness (QED) is 0.690. The van der Waals surface area contributed by atoms with Crippen molar-refractivity contribution in [1.82, 2.24) is 14.6 Å². The van der Waals surface area contributed by atoms with E-state index in [0.29, 0.717) is 6.42 Å². The average Bonchev–Trinajstić information content (AvgIpc) is 2.72. The third kappa shape index (κ3) is 1.97. The molecule has 0 amide bonds. The summed E-state index contributed by atoms with van der Waals surface area (Å²) in [4.78, 5) is 0. The van der Waals surface area contributed by atoms with Crippen LogP contribution >= 0.6 is 0 Å². The number of rotatable bonds is 2. The Balaban J connectivity index is 2.00. The van der Waals surface area contributed by atoms with Gasteiger partial charge >= 0.3 is 0 Å². The van der Waals surface area contributed by atoms with Crippen molar-refractivity contribution in [3.63, 3.8) is 0 Å². The van der Waals surface area contributed by atoms with Gasteiger partial charge in [-0.25, -0.2) is 4.39 Å². The van der Waals surface area contributed by atoms with E-state index in [4.69, 9.17) is 0 Å². The molecule has 0 N–H and O–H groups in total. The Kier molecular flexibility index (Phi) is 2.55. The van der Waals surface area contributed by atoms with E-state index in [9.17, 15) is 4.39 Å². The Morgan fingerprint density at radius 2 is 2.06 bits per heavy atom. The molecule has 0 aliphatic heterocycles. The van der Waals surface area contributed by atoms with Crippen LogP contribution in [0.15, 0.2) is 42.6 Å². The number of nitrogens with zero attached hydrogens (tertiary/aromatic N) is 3. The van der Waals surface area contributed by atoms with Crippen LogP contribution in [-0.4, -0.2) is 14.6 Å². The van der Waals surface area contributed by atoms with E-state index in [1.165, 1.54) is 12.1 Å². The number of hydrogen-bond donors (Lipinski definition) is 0. The molecule has 4 heteroatoms. The molecule has 1 aromatic carbocycles. The summed E-state index contributed by atoms with van der Waals surface area (Å²) in [6, 6.07) is 10.5. The predicted molar refractivity (Wildman–Crippen MR) is 66.9 cm³/mol. The summed E-state index contributed by atoms with van der Waals surface area (Å²) < 4.78 is 15.0. The first-order chi connectivity index (χ1) is 8.72. The van der Waals surface area contributed by atoms with Crippen LogP contribution in [0.4, 0.5) is 4.39 Å². The number of aryl methyl sites for hydroxylation is 1. The van der Waals surface area contributed by atoms with Crippen LogP contribution in [0.1, 0.15) is 17.0 Å². The highest BCUT2D eigenvalue weighted by Crippen LogP contribution is 2.12. The second kappa shape index (κ2) is 4.22. The molecule has 0 saturated carbocycles. The Morgan fingerprint density at radius 3 is 2.89 bits per heavy atom. The van der Waals surface area contributed by atoms with Crippen LogP contribution in [0.2, 0.25) is 0 Å². The summed E-state index contributed by atoms with van der Waals surface area (Å²) in [6.07, 6.45) is 2.52. The molecule has 3 aromatic rings. The standard InChI is InChI=1S/C14H12FN3/c1-10-5-6-18-13(7-10)16-17-14(18)9-11-3-2-4-12(15)8-11/h2-8H,9H2,1H3. The minimum Gasteiger partial charge on any atom is -0.286 e. The highest BCUT2D eigenvalue weighted by atomic mass is 19.1. The fourth-order valence-corrected chi connectivity index (χ4v) is 1.99. The molecular formula is C14H12FN3. The van der Waals surface area contributed by atoms with E-state index in [0.717, 1.165) is 22.6 Å². The molecule has 0 fully saturated rings. The van der Waals surface area contributed by atoms with Crippen molar-refractivity contribution >= 4 is 5.65 Å². The van der Waals surface area contributed by atoms with Crippen LogP contribution in [0.5, 0.6) is 0 Å². The van der Waals surface area contributed by atoms with Crippen LogP contribution < -0.4 is 0 Å². The van der Waals surface area contributed by atoms with E-state index in [1.54, 1.807) is 6.07 Å². The lowest BCUT2D eigenvalue weighted by Crippen LogP contribution is -1.96. The van der Waals surface area contributed by atoms with Gasteiger partial charge in [0.05, 0.1) is 0 Å². The molecule has 90 valence electrons. The number of benzene rings is 1. The molecule has 2 aromatic heterocycles. The smallest absolute Gasteiger partial charge is 0.161 e. The SMILES string of the molecule is Cc1ccn2c(Cc3cccc(F)c3)nnc2c1. The molecule has 0 aliphatic rings. The fourth-order valence-electron chi connectivity index (χ4n) is 1.99. The van der Waals surface area contributed by atoms with Crippen molar-refractivity contribution in [2.75, 3.05) is 0 Å². The highest BCUT2D eigenvalue weighted by molar-refractivity contribution is 5.41. The molecule has 0 unspecified atom stereocenters. The van der Waals surface area contributed by atoms with Gasteiger partial charge in [0, 0.05) is 12.6 Å². The fraction of sp³-hybridized carbons (Fsp3) is 0.143. The zero-order valence-corrected chi connectivity index (χ0v) is 9.97. The van der Waals surface area contributed by atoms with Crippen molar-refractivity contribution in [2.24, 2.45) is 0 Å². The molecule has 0 aliphatic carbocycles. The van der Waals surface area contributed by atoms with Gasteiger partial charge in [-0.3, -0.25) is 4.40 Å². The Hall–Kier alpha value is -2.23. The summed E-state index contributed by atoms with van der Waals surface area (Å²) >= 11 is 0. The van der Waals surface area contributed by atoms with Crippen molar-refractivity contribution in [1.29, 1.82) is 0 Å². The average molecular weight is 241 g/mol. The lowest BCUT2D eigenvalue weighted by atomic mass is 10.1. The first-order valence-corrected chi connectivity index (χ1v) is 5.77. The van der Waals surface area contributed by atoms with Crippen LogP contribution in [0.3, 0.4) is 0 Å². The molecule has 3 nitrogen and oxygen atoms in total. The number of pyridine rings is 1. The molecule has 0 radical (unpaired) electrons. The maximum absolute atomic E-state index is 13.1. The van der Waals surface area contributed by atoms with E-state index >= 15 is 0 Å². The number of hydrogen-bond acceptors (Lipinski definition) is 2. The van der Waals surface area contributed by atoms with Crippen molar-refractivity contribution in [3.05, 3.63) is 65.4 Å². The van der Waals surface area contributed by atoms with Gasteiger partial charge in [0.2, 0.25) is 0 Å². The van der Waals surface area contributed by atoms with Gasteiger partial charge in [-0.1, -0.05) is 12.1 Å². The van der Waals surface area contributed by atoms with Gasteiger partial charge in [-0.15, -0.1) is 10.2 Å². The van der Waals surface area contributed by atoms with Crippen molar-refractivity contribution < 1.29 is 4.39 Å². The maximum atomic E-state index is 13.1. The normalized spacial score (nSPS) is 11.0. The third-order valence-electron chi connectivity index (χ3n) is 2.89. The summed E-state index contributed by atoms with van der Waals surface area (Å²) in [5.41, 5.74) is 2.86. The van der Waals surface area contributed by atoms with E-state index in [-0.39, 0.29) is 5.82 Å². The zero-order chi connectivity index (χ0) is 12.5. The van der Waals surface area contributed by atoms with E-state index in [1.807, 2.05) is 35.7 Å². The first kappa shape index (κ1) is 10.9. The first-order valence-electron chi connectivity index (χ1n) is 5.77. The molecule has 0 bridgehead atoms. The predicted octanol–water partition coefficient (Wildman–Crippen LogP) is 2.77. The van der Waals surface area contributed by atoms with Crippen LogP contribution in [-0.2, 0) is 6.42 Å². The third-order valence-corrected chi connectivity index (χ3v) is 2.89. The monoisotopic (exact) mass is 241 g/mol. The minimum absolute atomic E-state index is 0.225. The summed E-state index contributed by atoms with van der Waals surface area (Å²) in [5, 5.41) is 8.27. The molecule has 18 heavy (non-hydrogen) atoms. The highest BCUT2D eigenvalue weighted by Gasteiger charge is 2.06. The molecule has 3 rings (SSSR count). The molecule has 0 atom stereocenters. The Labute approximate surface area is 104 Å². The van der Waals surface area contributed by atoms with Gasteiger partial charge in [0.15, 0.2) is 5.65 Å². The lowest BCUT2D eigenvalue weighted by molar-refractivity contribution is 0.625. The van der Waals surface area contributed by atoms with Crippen molar-refractivity contribution in [3.8, 4) is 0 Å². The van der Waals surface area contributed by atoms with Gasteiger partial charge in [0.1, 0.15) is 11.6 Å². The summed E-state index contributed by atoms with van der Waals surface area (Å²) in [7, 11) is 0. The Bertz CT molecular complexity index is 703. The van der Waals surface area contributed by atoms with Gasteiger partial charge in [0.25, 0.3) is 0 Å². The summed E-state index contributed by atoms with van der Waals surface area (Å²) in [6.45, 7) is 2.01. The molecule has 0 spiro atoms. The van der Waals surface area contributed by atoms with Gasteiger partial charge in [-0.05, 0) is 42.3 Å². The topological polar surface area (TPSA) is 30.2 Å². The largest absolute Gasteiger partial charge is 0.286 e. The number of aromatic nitrogens is 3.